The molecule has 80 valence electrons. The van der Waals surface area contributed by atoms with Gasteiger partial charge in [-0.25, -0.2) is 0 Å². The van der Waals surface area contributed by atoms with Crippen molar-refractivity contribution in [3.63, 3.8) is 0 Å². The van der Waals surface area contributed by atoms with E-state index in [-0.39, 0.29) is 5.56 Å². The summed E-state index contributed by atoms with van der Waals surface area (Å²) in [5, 5.41) is 3.13. The number of rotatable bonds is 4. The topological polar surface area (TPSA) is 37.8 Å². The lowest BCUT2D eigenvalue weighted by molar-refractivity contribution is 0.616. The van der Waals surface area contributed by atoms with Crippen LogP contribution in [0.3, 0.4) is 0 Å². The number of aromatic nitrogens is 2. The van der Waals surface area contributed by atoms with Crippen molar-refractivity contribution in [2.75, 3.05) is 0 Å². The van der Waals surface area contributed by atoms with Gasteiger partial charge < -0.3 is 0 Å². The molecule has 1 heterocycles. The van der Waals surface area contributed by atoms with Gasteiger partial charge in [-0.15, -0.1) is 0 Å². The van der Waals surface area contributed by atoms with Crippen LogP contribution in [-0.4, -0.2) is 9.78 Å². The third-order valence-electron chi connectivity index (χ3n) is 2.34. The van der Waals surface area contributed by atoms with Crippen LogP contribution in [0.15, 0.2) is 4.79 Å². The summed E-state index contributed by atoms with van der Waals surface area (Å²) in [5.74, 6) is 0.587. The molecule has 0 saturated carbocycles. The van der Waals surface area contributed by atoms with Crippen LogP contribution in [0.4, 0.5) is 0 Å². The zero-order valence-corrected chi connectivity index (χ0v) is 9.55. The van der Waals surface area contributed by atoms with E-state index in [0.29, 0.717) is 5.92 Å². The van der Waals surface area contributed by atoms with Crippen molar-refractivity contribution >= 4 is 0 Å². The standard InChI is InChI=1S/C11H20N2O/c1-5-6-9-10(7-8(2)3)12-13(4)11(9)14/h8,12H,5-7H2,1-4H3. The van der Waals surface area contributed by atoms with Gasteiger partial charge in [0.05, 0.1) is 0 Å². The summed E-state index contributed by atoms with van der Waals surface area (Å²) in [4.78, 5) is 11.7. The summed E-state index contributed by atoms with van der Waals surface area (Å²) in [6, 6.07) is 0. The average Bonchev–Trinajstić information content (AvgIpc) is 2.32. The summed E-state index contributed by atoms with van der Waals surface area (Å²) in [5.41, 5.74) is 2.24. The first kappa shape index (κ1) is 11.1. The molecule has 0 bridgehead atoms. The van der Waals surface area contributed by atoms with Crippen molar-refractivity contribution in [1.29, 1.82) is 0 Å². The third-order valence-corrected chi connectivity index (χ3v) is 2.34. The Hall–Kier alpha value is -0.990. The number of hydrogen-bond acceptors (Lipinski definition) is 1. The van der Waals surface area contributed by atoms with Gasteiger partial charge in [0.25, 0.3) is 5.56 Å². The molecule has 0 aliphatic heterocycles. The molecule has 3 nitrogen and oxygen atoms in total. The minimum atomic E-state index is 0.141. The smallest absolute Gasteiger partial charge is 0.269 e. The van der Waals surface area contributed by atoms with Crippen LogP contribution in [0.5, 0.6) is 0 Å². The Kier molecular flexibility index (Phi) is 3.55. The minimum absolute atomic E-state index is 0.141. The van der Waals surface area contributed by atoms with Crippen molar-refractivity contribution in [1.82, 2.24) is 9.78 Å². The Morgan fingerprint density at radius 3 is 2.57 bits per heavy atom. The molecule has 0 aliphatic carbocycles. The molecular formula is C11H20N2O. The molecule has 1 aromatic heterocycles. The lowest BCUT2D eigenvalue weighted by atomic mass is 10.0. The van der Waals surface area contributed by atoms with Gasteiger partial charge in [0.15, 0.2) is 0 Å². The molecule has 3 heteroatoms. The summed E-state index contributed by atoms with van der Waals surface area (Å²) in [6.45, 7) is 6.44. The molecule has 0 spiro atoms. The summed E-state index contributed by atoms with van der Waals surface area (Å²) in [6.07, 6.45) is 2.88. The highest BCUT2D eigenvalue weighted by Crippen LogP contribution is 2.09. The van der Waals surface area contributed by atoms with E-state index in [1.165, 1.54) is 0 Å². The molecule has 1 N–H and O–H groups in total. The average molecular weight is 196 g/mol. The van der Waals surface area contributed by atoms with E-state index in [2.05, 4.69) is 25.9 Å². The second-order valence-electron chi connectivity index (χ2n) is 4.28. The van der Waals surface area contributed by atoms with E-state index in [4.69, 9.17) is 0 Å². The van der Waals surface area contributed by atoms with E-state index in [0.717, 1.165) is 30.5 Å². The molecule has 0 amide bonds. The van der Waals surface area contributed by atoms with Gasteiger partial charge >= 0.3 is 0 Å². The highest BCUT2D eigenvalue weighted by Gasteiger charge is 2.12. The van der Waals surface area contributed by atoms with Gasteiger partial charge in [-0.3, -0.25) is 14.6 Å². The van der Waals surface area contributed by atoms with Crippen LogP contribution in [0.25, 0.3) is 0 Å². The maximum atomic E-state index is 11.7. The first-order valence-corrected chi connectivity index (χ1v) is 5.33. The van der Waals surface area contributed by atoms with Gasteiger partial charge in [0, 0.05) is 18.3 Å². The van der Waals surface area contributed by atoms with Gasteiger partial charge in [0.1, 0.15) is 0 Å². The van der Waals surface area contributed by atoms with Gasteiger partial charge in [0.2, 0.25) is 0 Å². The van der Waals surface area contributed by atoms with Crippen LogP contribution in [0.2, 0.25) is 0 Å². The summed E-state index contributed by atoms with van der Waals surface area (Å²) >= 11 is 0. The van der Waals surface area contributed by atoms with Gasteiger partial charge in [-0.05, 0) is 18.8 Å². The molecule has 0 unspecified atom stereocenters. The number of nitrogens with zero attached hydrogens (tertiary/aromatic N) is 1. The lowest BCUT2D eigenvalue weighted by Gasteiger charge is -2.03. The van der Waals surface area contributed by atoms with Crippen molar-refractivity contribution in [2.24, 2.45) is 13.0 Å². The fourth-order valence-corrected chi connectivity index (χ4v) is 1.74. The largest absolute Gasteiger partial charge is 0.300 e. The second-order valence-corrected chi connectivity index (χ2v) is 4.28. The van der Waals surface area contributed by atoms with Crippen molar-refractivity contribution in [3.05, 3.63) is 21.6 Å². The zero-order chi connectivity index (χ0) is 10.7. The number of H-pyrrole nitrogens is 1. The third kappa shape index (κ3) is 2.28. The molecule has 14 heavy (non-hydrogen) atoms. The maximum absolute atomic E-state index is 11.7. The highest BCUT2D eigenvalue weighted by atomic mass is 16.1. The molecule has 0 aliphatic rings. The number of aromatic amines is 1. The number of nitrogens with one attached hydrogen (secondary N) is 1. The molecule has 1 aromatic rings. The zero-order valence-electron chi connectivity index (χ0n) is 9.55. The molecular weight excluding hydrogens is 176 g/mol. The predicted octanol–water partition coefficient (Wildman–Crippen LogP) is 1.86. The Balaban J connectivity index is 3.02. The minimum Gasteiger partial charge on any atom is -0.300 e. The fraction of sp³-hybridized carbons (Fsp3) is 0.727. The second kappa shape index (κ2) is 4.49. The quantitative estimate of drug-likeness (QED) is 0.784. The fourth-order valence-electron chi connectivity index (χ4n) is 1.74. The molecule has 0 radical (unpaired) electrons. The van der Waals surface area contributed by atoms with E-state index in [1.54, 1.807) is 11.7 Å². The first-order chi connectivity index (χ1) is 6.56. The SMILES string of the molecule is CCCc1c(CC(C)C)[nH]n(C)c1=O. The van der Waals surface area contributed by atoms with Crippen molar-refractivity contribution < 1.29 is 0 Å². The van der Waals surface area contributed by atoms with E-state index in [1.807, 2.05) is 0 Å². The van der Waals surface area contributed by atoms with E-state index in [9.17, 15) is 4.79 Å². The van der Waals surface area contributed by atoms with Crippen LogP contribution >= 0.6 is 0 Å². The van der Waals surface area contributed by atoms with Gasteiger partial charge in [-0.2, -0.15) is 0 Å². The van der Waals surface area contributed by atoms with Crippen LogP contribution in [0, 0.1) is 5.92 Å². The summed E-state index contributed by atoms with van der Waals surface area (Å²) < 4.78 is 1.59. The van der Waals surface area contributed by atoms with Crippen molar-refractivity contribution in [3.8, 4) is 0 Å². The Labute approximate surface area is 85.1 Å². The number of aryl methyl sites for hydroxylation is 1. The van der Waals surface area contributed by atoms with Crippen molar-refractivity contribution in [2.45, 2.75) is 40.0 Å². The monoisotopic (exact) mass is 196 g/mol. The molecule has 0 fully saturated rings. The molecule has 0 aromatic carbocycles. The van der Waals surface area contributed by atoms with Crippen LogP contribution < -0.4 is 5.56 Å². The Morgan fingerprint density at radius 1 is 1.43 bits per heavy atom. The normalized spacial score (nSPS) is 11.2. The highest BCUT2D eigenvalue weighted by molar-refractivity contribution is 5.17. The lowest BCUT2D eigenvalue weighted by Crippen LogP contribution is -2.15. The number of hydrogen-bond donors (Lipinski definition) is 1. The molecule has 0 atom stereocenters. The molecule has 0 saturated heterocycles. The van der Waals surface area contributed by atoms with Gasteiger partial charge in [-0.1, -0.05) is 27.2 Å². The Bertz CT molecular complexity index is 347. The van der Waals surface area contributed by atoms with Crippen LogP contribution in [0.1, 0.15) is 38.4 Å². The van der Waals surface area contributed by atoms with E-state index < -0.39 is 0 Å². The summed E-state index contributed by atoms with van der Waals surface area (Å²) in [7, 11) is 1.78. The van der Waals surface area contributed by atoms with E-state index >= 15 is 0 Å². The predicted molar refractivity (Wildman–Crippen MR) is 58.6 cm³/mol. The maximum Gasteiger partial charge on any atom is 0.269 e. The Morgan fingerprint density at radius 2 is 2.07 bits per heavy atom. The molecule has 1 rings (SSSR count). The first-order valence-electron chi connectivity index (χ1n) is 5.33. The van der Waals surface area contributed by atoms with Crippen LogP contribution in [-0.2, 0) is 19.9 Å².